The van der Waals surface area contributed by atoms with Crippen molar-refractivity contribution in [3.8, 4) is 0 Å². The quantitative estimate of drug-likeness (QED) is 0.452. The molecule has 0 aromatic carbocycles. The first kappa shape index (κ1) is 20.5. The third kappa shape index (κ3) is 1.94. The first-order valence-electron chi connectivity index (χ1n) is 12.8. The van der Waals surface area contributed by atoms with Crippen LogP contribution in [0.2, 0.25) is 0 Å². The second kappa shape index (κ2) is 6.03. The predicted octanol–water partition coefficient (Wildman–Crippen LogP) is 1.46. The molecule has 176 valence electrons. The molecule has 2 spiro atoms. The number of hydrogen-bond acceptors (Lipinski definition) is 7. The van der Waals surface area contributed by atoms with Crippen molar-refractivity contribution in [3.05, 3.63) is 0 Å². The second-order valence-corrected chi connectivity index (χ2v) is 12.5. The first-order valence-corrected chi connectivity index (χ1v) is 12.8. The lowest BCUT2D eigenvalue weighted by Crippen LogP contribution is -2.85. The topological polar surface area (TPSA) is 115 Å². The van der Waals surface area contributed by atoms with Gasteiger partial charge in [-0.3, -0.25) is 9.98 Å². The van der Waals surface area contributed by atoms with Crippen molar-refractivity contribution in [3.63, 3.8) is 0 Å². The summed E-state index contributed by atoms with van der Waals surface area (Å²) in [5, 5.41) is 47.5. The van der Waals surface area contributed by atoms with Crippen LogP contribution < -0.4 is 0 Å². The Hall–Kier alpha value is -0.860. The lowest BCUT2D eigenvalue weighted by atomic mass is 9.35. The maximum Gasteiger partial charge on any atom is 0.206 e. The fourth-order valence-electron chi connectivity index (χ4n) is 9.86. The molecule has 8 rings (SSSR count). The van der Waals surface area contributed by atoms with E-state index in [0.29, 0.717) is 12.1 Å². The molecule has 3 heterocycles. The fourth-order valence-corrected chi connectivity index (χ4v) is 9.86. The zero-order valence-corrected chi connectivity index (χ0v) is 19.1. The van der Waals surface area contributed by atoms with Crippen molar-refractivity contribution in [2.75, 3.05) is 6.61 Å². The lowest BCUT2D eigenvalue weighted by Gasteiger charge is -2.75. The Bertz CT molecular complexity index is 933. The molecule has 4 N–H and O–H groups in total. The maximum absolute atomic E-state index is 12.3. The summed E-state index contributed by atoms with van der Waals surface area (Å²) in [6.07, 6.45) is 4.50. The minimum absolute atomic E-state index is 0.0753. The predicted molar refractivity (Wildman–Crippen MR) is 117 cm³/mol. The van der Waals surface area contributed by atoms with E-state index in [1.54, 1.807) is 0 Å². The Labute approximate surface area is 189 Å². The van der Waals surface area contributed by atoms with Gasteiger partial charge in [0.2, 0.25) is 5.79 Å². The molecule has 8 aliphatic rings. The molecule has 7 fully saturated rings. The van der Waals surface area contributed by atoms with Crippen LogP contribution >= 0.6 is 0 Å². The number of ether oxygens (including phenoxy) is 1. The number of fused-ring (bicyclic) bond motifs is 5. The lowest BCUT2D eigenvalue weighted by molar-refractivity contribution is -0.455. The molecule has 7 nitrogen and oxygen atoms in total. The van der Waals surface area contributed by atoms with E-state index in [4.69, 9.17) is 14.7 Å². The highest BCUT2D eigenvalue weighted by Crippen LogP contribution is 2.76. The van der Waals surface area contributed by atoms with Crippen LogP contribution in [-0.2, 0) is 4.74 Å². The van der Waals surface area contributed by atoms with Gasteiger partial charge in [0, 0.05) is 17.3 Å². The van der Waals surface area contributed by atoms with Crippen molar-refractivity contribution in [2.45, 2.75) is 101 Å². The van der Waals surface area contributed by atoms with E-state index < -0.39 is 34.9 Å². The molecule has 5 unspecified atom stereocenters. The molecule has 5 saturated carbocycles. The van der Waals surface area contributed by atoms with Crippen molar-refractivity contribution in [2.24, 2.45) is 44.0 Å². The SMILES string of the molecule is CC1(C)CC[C@H](O)[C@]23CO[C@@](O)([C@@H](O)C12)C12C4=NC5CCCCC5N=C4[C@H](CCC13)[C@H]2O. The molecule has 2 saturated heterocycles. The van der Waals surface area contributed by atoms with Crippen LogP contribution in [0.15, 0.2) is 9.98 Å². The van der Waals surface area contributed by atoms with E-state index in [2.05, 4.69) is 13.8 Å². The van der Waals surface area contributed by atoms with Gasteiger partial charge in [0.15, 0.2) is 0 Å². The molecule has 7 heteroatoms. The Kier molecular flexibility index (Phi) is 3.87. The van der Waals surface area contributed by atoms with Gasteiger partial charge in [-0.15, -0.1) is 0 Å². The molecular weight excluding hydrogens is 408 g/mol. The van der Waals surface area contributed by atoms with Crippen LogP contribution in [0.5, 0.6) is 0 Å². The molecule has 32 heavy (non-hydrogen) atoms. The molecule has 0 radical (unpaired) electrons. The van der Waals surface area contributed by atoms with Gasteiger partial charge < -0.3 is 25.2 Å². The van der Waals surface area contributed by atoms with Crippen molar-refractivity contribution < 1.29 is 25.2 Å². The monoisotopic (exact) mass is 444 g/mol. The van der Waals surface area contributed by atoms with Gasteiger partial charge in [-0.2, -0.15) is 0 Å². The number of nitrogens with zero attached hydrogens (tertiary/aromatic N) is 2. The summed E-state index contributed by atoms with van der Waals surface area (Å²) in [5.41, 5.74) is -0.649. The summed E-state index contributed by atoms with van der Waals surface area (Å²) < 4.78 is 6.20. The van der Waals surface area contributed by atoms with Crippen molar-refractivity contribution in [1.82, 2.24) is 0 Å². The summed E-state index contributed by atoms with van der Waals surface area (Å²) in [5.74, 6) is -2.61. The number of aliphatic imine (C=N–C) groups is 2. The summed E-state index contributed by atoms with van der Waals surface area (Å²) in [4.78, 5) is 10.4. The second-order valence-electron chi connectivity index (χ2n) is 12.5. The van der Waals surface area contributed by atoms with Crippen LogP contribution in [0.1, 0.15) is 65.2 Å². The standard InChI is InChI=1S/C25H36N2O5/c1-22(2)10-9-16(28)23-11-32-25(31,21(30)18(22)23)24-15(23)8-7-12(20(24)29)17-19(24)27-14-6-4-3-5-13(14)26-17/h12-16,18,20-21,28-31H,3-11H2,1-2H3/t12-,13?,14?,15?,16-,18?,20+,21-,23+,24?,25-/m0/s1. The van der Waals surface area contributed by atoms with Crippen LogP contribution in [0.25, 0.3) is 0 Å². The molecule has 11 atom stereocenters. The fraction of sp³-hybridized carbons (Fsp3) is 0.920. The Balaban J connectivity index is 1.48. The first-order chi connectivity index (χ1) is 15.2. The Morgan fingerprint density at radius 3 is 2.38 bits per heavy atom. The zero-order valence-electron chi connectivity index (χ0n) is 19.1. The molecule has 0 amide bonds. The van der Waals surface area contributed by atoms with E-state index >= 15 is 0 Å². The largest absolute Gasteiger partial charge is 0.392 e. The minimum atomic E-state index is -1.92. The number of rotatable bonds is 0. The normalized spacial score (nSPS) is 59.3. The maximum atomic E-state index is 12.3. The average molecular weight is 445 g/mol. The van der Waals surface area contributed by atoms with E-state index in [1.165, 1.54) is 0 Å². The van der Waals surface area contributed by atoms with Gasteiger partial charge in [0.25, 0.3) is 0 Å². The summed E-state index contributed by atoms with van der Waals surface area (Å²) in [6.45, 7) is 4.49. The molecule has 0 aromatic rings. The highest BCUT2D eigenvalue weighted by Gasteiger charge is 2.86. The van der Waals surface area contributed by atoms with Gasteiger partial charge in [-0.25, -0.2) is 0 Å². The van der Waals surface area contributed by atoms with Crippen molar-refractivity contribution >= 4 is 11.4 Å². The molecule has 0 aromatic heterocycles. The van der Waals surface area contributed by atoms with E-state index in [-0.39, 0.29) is 41.9 Å². The van der Waals surface area contributed by atoms with Crippen LogP contribution in [0, 0.1) is 34.0 Å². The smallest absolute Gasteiger partial charge is 0.206 e. The molecular formula is C25H36N2O5. The summed E-state index contributed by atoms with van der Waals surface area (Å²) in [6, 6.07) is 0.238. The highest BCUT2D eigenvalue weighted by atomic mass is 16.6. The third-order valence-corrected chi connectivity index (χ3v) is 11.0. The third-order valence-electron chi connectivity index (χ3n) is 11.0. The van der Waals surface area contributed by atoms with Gasteiger partial charge in [0.1, 0.15) is 11.5 Å². The van der Waals surface area contributed by atoms with Crippen LogP contribution in [0.4, 0.5) is 0 Å². The Morgan fingerprint density at radius 2 is 1.62 bits per heavy atom. The molecule has 4 bridgehead atoms. The van der Waals surface area contributed by atoms with E-state index in [9.17, 15) is 20.4 Å². The van der Waals surface area contributed by atoms with E-state index in [1.807, 2.05) is 0 Å². The van der Waals surface area contributed by atoms with Gasteiger partial charge >= 0.3 is 0 Å². The highest BCUT2D eigenvalue weighted by molar-refractivity contribution is 6.48. The van der Waals surface area contributed by atoms with Gasteiger partial charge in [-0.05, 0) is 49.9 Å². The van der Waals surface area contributed by atoms with Gasteiger partial charge in [0.05, 0.1) is 42.3 Å². The molecule has 5 aliphatic carbocycles. The van der Waals surface area contributed by atoms with Crippen LogP contribution in [-0.4, -0.2) is 74.6 Å². The molecule has 3 aliphatic heterocycles. The van der Waals surface area contributed by atoms with Crippen LogP contribution in [0.3, 0.4) is 0 Å². The number of aliphatic hydroxyl groups is 4. The number of hydrogen-bond donors (Lipinski definition) is 4. The summed E-state index contributed by atoms with van der Waals surface area (Å²) in [7, 11) is 0. The summed E-state index contributed by atoms with van der Waals surface area (Å²) >= 11 is 0. The van der Waals surface area contributed by atoms with E-state index in [0.717, 1.165) is 50.7 Å². The zero-order chi connectivity index (χ0) is 22.3. The minimum Gasteiger partial charge on any atom is -0.392 e. The number of aliphatic hydroxyl groups excluding tert-OH is 3. The van der Waals surface area contributed by atoms with Crippen molar-refractivity contribution in [1.29, 1.82) is 0 Å². The average Bonchev–Trinajstić information content (AvgIpc) is 2.90. The van der Waals surface area contributed by atoms with Gasteiger partial charge in [-0.1, -0.05) is 26.7 Å². The Morgan fingerprint density at radius 1 is 0.906 bits per heavy atom.